The van der Waals surface area contributed by atoms with E-state index in [1.807, 2.05) is 0 Å². The Kier molecular flexibility index (Phi) is 4.78. The van der Waals surface area contributed by atoms with Crippen LogP contribution in [0.4, 0.5) is 0 Å². The quantitative estimate of drug-likeness (QED) is 0.777. The molecule has 1 heteroatoms. The van der Waals surface area contributed by atoms with E-state index in [9.17, 15) is 0 Å². The van der Waals surface area contributed by atoms with Crippen molar-refractivity contribution in [3.05, 3.63) is 34.4 Å². The largest absolute Gasteiger partial charge is 0.307 e. The van der Waals surface area contributed by atoms with Crippen LogP contribution in [-0.4, -0.2) is 6.04 Å². The van der Waals surface area contributed by atoms with Crippen molar-refractivity contribution in [2.45, 2.75) is 53.1 Å². The Balaban J connectivity index is 2.86. The van der Waals surface area contributed by atoms with Crippen molar-refractivity contribution in [3.8, 4) is 12.3 Å². The lowest BCUT2D eigenvalue weighted by Crippen LogP contribution is -2.29. The Bertz CT molecular complexity index is 426. The fraction of sp³-hybridized carbons (Fsp3) is 0.500. The van der Waals surface area contributed by atoms with Crippen LogP contribution in [0.2, 0.25) is 0 Å². The van der Waals surface area contributed by atoms with Gasteiger partial charge in [-0.15, -0.1) is 12.3 Å². The van der Waals surface area contributed by atoms with E-state index >= 15 is 0 Å². The van der Waals surface area contributed by atoms with Crippen LogP contribution in [0.1, 0.15) is 48.6 Å². The van der Waals surface area contributed by atoms with Gasteiger partial charge >= 0.3 is 0 Å². The highest BCUT2D eigenvalue weighted by Crippen LogP contribution is 2.22. The van der Waals surface area contributed by atoms with Gasteiger partial charge in [-0.25, -0.2) is 0 Å². The average Bonchev–Trinajstić information content (AvgIpc) is 2.23. The molecule has 17 heavy (non-hydrogen) atoms. The monoisotopic (exact) mass is 229 g/mol. The first kappa shape index (κ1) is 13.8. The summed E-state index contributed by atoms with van der Waals surface area (Å²) in [7, 11) is 0. The molecule has 0 heterocycles. The highest BCUT2D eigenvalue weighted by atomic mass is 14.9. The van der Waals surface area contributed by atoms with Crippen molar-refractivity contribution >= 4 is 0 Å². The molecule has 0 aliphatic heterocycles. The first-order chi connectivity index (χ1) is 7.95. The molecule has 0 aromatic heterocycles. The van der Waals surface area contributed by atoms with Gasteiger partial charge in [0.05, 0.1) is 0 Å². The number of nitrogens with one attached hydrogen (secondary N) is 1. The maximum atomic E-state index is 5.33. The molecule has 0 aliphatic rings. The molecule has 0 amide bonds. The van der Waals surface area contributed by atoms with Crippen LogP contribution >= 0.6 is 0 Å². The summed E-state index contributed by atoms with van der Waals surface area (Å²) < 4.78 is 0. The normalized spacial score (nSPS) is 14.1. The van der Waals surface area contributed by atoms with Gasteiger partial charge in [0, 0.05) is 18.5 Å². The van der Waals surface area contributed by atoms with Crippen LogP contribution in [0.25, 0.3) is 0 Å². The van der Waals surface area contributed by atoms with Gasteiger partial charge in [0.1, 0.15) is 0 Å². The number of terminal acetylenes is 1. The maximum Gasteiger partial charge on any atom is 0.0297 e. The number of hydrogen-bond donors (Lipinski definition) is 1. The molecule has 0 saturated carbocycles. The zero-order valence-corrected chi connectivity index (χ0v) is 11.6. The van der Waals surface area contributed by atoms with Gasteiger partial charge in [0.15, 0.2) is 0 Å². The molecule has 2 atom stereocenters. The third-order valence-corrected chi connectivity index (χ3v) is 3.31. The fourth-order valence-electron chi connectivity index (χ4n) is 2.20. The van der Waals surface area contributed by atoms with Crippen LogP contribution in [0.15, 0.2) is 12.1 Å². The summed E-state index contributed by atoms with van der Waals surface area (Å²) in [6.45, 7) is 10.8. The van der Waals surface area contributed by atoms with Gasteiger partial charge in [0.25, 0.3) is 0 Å². The van der Waals surface area contributed by atoms with E-state index in [1.165, 1.54) is 22.3 Å². The third kappa shape index (κ3) is 3.61. The molecule has 1 nitrogen and oxygen atoms in total. The second-order valence-corrected chi connectivity index (χ2v) is 4.99. The lowest BCUT2D eigenvalue weighted by molar-refractivity contribution is 0.485. The number of hydrogen-bond acceptors (Lipinski definition) is 1. The van der Waals surface area contributed by atoms with Crippen LogP contribution in [0, 0.1) is 33.1 Å². The number of benzene rings is 1. The van der Waals surface area contributed by atoms with Crippen molar-refractivity contribution in [3.63, 3.8) is 0 Å². The molecule has 0 bridgehead atoms. The zero-order valence-electron chi connectivity index (χ0n) is 11.6. The van der Waals surface area contributed by atoms with E-state index in [0.29, 0.717) is 12.1 Å². The summed E-state index contributed by atoms with van der Waals surface area (Å²) in [6, 6.07) is 5.24. The first-order valence-corrected chi connectivity index (χ1v) is 6.23. The van der Waals surface area contributed by atoms with Gasteiger partial charge in [-0.3, -0.25) is 0 Å². The highest BCUT2D eigenvalue weighted by molar-refractivity contribution is 5.38. The molecule has 0 fully saturated rings. The molecule has 0 radical (unpaired) electrons. The molecule has 1 aromatic rings. The Morgan fingerprint density at radius 3 is 2.29 bits per heavy atom. The zero-order chi connectivity index (χ0) is 13.0. The minimum atomic E-state index is 0.345. The van der Waals surface area contributed by atoms with Crippen molar-refractivity contribution in [2.24, 2.45) is 0 Å². The van der Waals surface area contributed by atoms with E-state index in [0.717, 1.165) is 6.42 Å². The molecule has 1 N–H and O–H groups in total. The minimum Gasteiger partial charge on any atom is -0.307 e. The second-order valence-electron chi connectivity index (χ2n) is 4.99. The molecule has 1 aromatic carbocycles. The maximum absolute atomic E-state index is 5.33. The van der Waals surface area contributed by atoms with Gasteiger partial charge in [-0.1, -0.05) is 12.1 Å². The summed E-state index contributed by atoms with van der Waals surface area (Å²) in [5.74, 6) is 2.70. The lowest BCUT2D eigenvalue weighted by Gasteiger charge is -2.21. The molecule has 92 valence electrons. The lowest BCUT2D eigenvalue weighted by atomic mass is 9.96. The molecule has 0 spiro atoms. The summed E-state index contributed by atoms with van der Waals surface area (Å²) in [6.07, 6.45) is 6.10. The molecule has 0 saturated heterocycles. The number of rotatable bonds is 4. The van der Waals surface area contributed by atoms with Crippen molar-refractivity contribution < 1.29 is 0 Å². The van der Waals surface area contributed by atoms with Crippen LogP contribution < -0.4 is 5.32 Å². The van der Waals surface area contributed by atoms with Gasteiger partial charge in [-0.2, -0.15) is 0 Å². The third-order valence-electron chi connectivity index (χ3n) is 3.31. The Hall–Kier alpha value is -1.26. The van der Waals surface area contributed by atoms with E-state index in [1.54, 1.807) is 0 Å². The average molecular weight is 229 g/mol. The van der Waals surface area contributed by atoms with E-state index in [-0.39, 0.29) is 0 Å². The minimum absolute atomic E-state index is 0.345. The Labute approximate surface area is 106 Å². The first-order valence-electron chi connectivity index (χ1n) is 6.23. The predicted molar refractivity (Wildman–Crippen MR) is 75.1 cm³/mol. The summed E-state index contributed by atoms with van der Waals surface area (Å²) in [5.41, 5.74) is 5.43. The topological polar surface area (TPSA) is 12.0 Å². The van der Waals surface area contributed by atoms with Gasteiger partial charge in [-0.05, 0) is 56.9 Å². The van der Waals surface area contributed by atoms with E-state index < -0.39 is 0 Å². The van der Waals surface area contributed by atoms with Crippen LogP contribution in [0.3, 0.4) is 0 Å². The van der Waals surface area contributed by atoms with Crippen molar-refractivity contribution in [2.75, 3.05) is 0 Å². The van der Waals surface area contributed by atoms with Crippen LogP contribution in [-0.2, 0) is 0 Å². The predicted octanol–water partition coefficient (Wildman–Crippen LogP) is 3.67. The van der Waals surface area contributed by atoms with E-state index in [2.05, 4.69) is 58.0 Å². The molecular formula is C16H23N. The van der Waals surface area contributed by atoms with Crippen molar-refractivity contribution in [1.82, 2.24) is 5.32 Å². The Morgan fingerprint density at radius 2 is 1.71 bits per heavy atom. The summed E-state index contributed by atoms with van der Waals surface area (Å²) >= 11 is 0. The highest BCUT2D eigenvalue weighted by Gasteiger charge is 2.12. The summed E-state index contributed by atoms with van der Waals surface area (Å²) in [5, 5.41) is 3.54. The Morgan fingerprint density at radius 1 is 1.12 bits per heavy atom. The van der Waals surface area contributed by atoms with Crippen molar-refractivity contribution in [1.29, 1.82) is 0 Å². The smallest absolute Gasteiger partial charge is 0.0297 e. The molecular weight excluding hydrogens is 206 g/mol. The summed E-state index contributed by atoms with van der Waals surface area (Å²) in [4.78, 5) is 0. The molecule has 1 rings (SSSR count). The second kappa shape index (κ2) is 5.89. The SMILES string of the molecule is C#CCC(C)NC(C)c1cc(C)c(C)cc1C. The molecule has 0 aliphatic carbocycles. The standard InChI is InChI=1S/C16H23N/c1-7-8-14(5)17-15(6)16-10-12(3)11(2)9-13(16)4/h1,9-10,14-15,17H,8H2,2-6H3. The van der Waals surface area contributed by atoms with Crippen LogP contribution in [0.5, 0.6) is 0 Å². The fourth-order valence-corrected chi connectivity index (χ4v) is 2.20. The number of aryl methyl sites for hydroxylation is 3. The molecule has 2 unspecified atom stereocenters. The van der Waals surface area contributed by atoms with Gasteiger partial charge in [0.2, 0.25) is 0 Å². The van der Waals surface area contributed by atoms with Gasteiger partial charge < -0.3 is 5.32 Å². The van der Waals surface area contributed by atoms with E-state index in [4.69, 9.17) is 6.42 Å².